The summed E-state index contributed by atoms with van der Waals surface area (Å²) in [5.41, 5.74) is 2.27. The van der Waals surface area contributed by atoms with Gasteiger partial charge in [-0.2, -0.15) is 0 Å². The van der Waals surface area contributed by atoms with Crippen LogP contribution in [0.1, 0.15) is 12.8 Å². The molecule has 0 amide bonds. The van der Waals surface area contributed by atoms with Crippen LogP contribution in [-0.2, 0) is 11.3 Å². The summed E-state index contributed by atoms with van der Waals surface area (Å²) in [6.07, 6.45) is 2.63. The lowest BCUT2D eigenvalue weighted by atomic mass is 10.2. The van der Waals surface area contributed by atoms with E-state index in [1.807, 2.05) is 12.1 Å². The maximum absolute atomic E-state index is 5.65. The molecule has 1 aromatic heterocycles. The molecule has 4 heteroatoms. The summed E-state index contributed by atoms with van der Waals surface area (Å²) in [5.74, 6) is 0. The van der Waals surface area contributed by atoms with Crippen LogP contribution in [0.15, 0.2) is 24.3 Å². The van der Waals surface area contributed by atoms with E-state index in [0.717, 1.165) is 29.9 Å². The molecule has 3 rings (SSSR count). The molecule has 1 aliphatic rings. The van der Waals surface area contributed by atoms with E-state index in [2.05, 4.69) is 21.7 Å². The second-order valence-corrected chi connectivity index (χ2v) is 4.58. The number of H-pyrrole nitrogens is 1. The van der Waals surface area contributed by atoms with Crippen LogP contribution in [0.3, 0.4) is 0 Å². The number of nitrogens with zero attached hydrogens (tertiary/aromatic N) is 1. The Bertz CT molecular complexity index is 551. The lowest BCUT2D eigenvalue weighted by Gasteiger charge is -2.10. The lowest BCUT2D eigenvalue weighted by Crippen LogP contribution is -2.14. The minimum absolute atomic E-state index is 0.325. The van der Waals surface area contributed by atoms with Gasteiger partial charge in [0.25, 0.3) is 0 Å². The van der Waals surface area contributed by atoms with E-state index in [0.29, 0.717) is 6.10 Å². The highest BCUT2D eigenvalue weighted by Crippen LogP contribution is 2.18. The molecule has 0 radical (unpaired) electrons. The number of ether oxygens (including phenoxy) is 1. The van der Waals surface area contributed by atoms with E-state index >= 15 is 0 Å². The normalized spacial score (nSPS) is 20.6. The van der Waals surface area contributed by atoms with Gasteiger partial charge in [-0.25, -0.2) is 0 Å². The Labute approximate surface area is 99.0 Å². The highest BCUT2D eigenvalue weighted by molar-refractivity contribution is 7.71. The number of aromatic nitrogens is 2. The van der Waals surface area contributed by atoms with Gasteiger partial charge in [0, 0.05) is 6.61 Å². The van der Waals surface area contributed by atoms with Crippen LogP contribution in [0.25, 0.3) is 11.0 Å². The molecule has 1 N–H and O–H groups in total. The van der Waals surface area contributed by atoms with Gasteiger partial charge in [0.15, 0.2) is 4.77 Å². The molecule has 3 nitrogen and oxygen atoms in total. The van der Waals surface area contributed by atoms with E-state index in [4.69, 9.17) is 17.0 Å². The van der Waals surface area contributed by atoms with Crippen molar-refractivity contribution in [2.75, 3.05) is 6.61 Å². The third-order valence-electron chi connectivity index (χ3n) is 3.09. The van der Waals surface area contributed by atoms with Crippen molar-refractivity contribution >= 4 is 23.3 Å². The number of benzene rings is 1. The molecule has 84 valence electrons. The van der Waals surface area contributed by atoms with Crippen molar-refractivity contribution in [2.45, 2.75) is 25.5 Å². The predicted molar refractivity (Wildman–Crippen MR) is 66.1 cm³/mol. The topological polar surface area (TPSA) is 29.9 Å². The first-order chi connectivity index (χ1) is 7.84. The average Bonchev–Trinajstić information content (AvgIpc) is 2.89. The van der Waals surface area contributed by atoms with Gasteiger partial charge in [0.2, 0.25) is 0 Å². The highest BCUT2D eigenvalue weighted by Gasteiger charge is 2.17. The molecule has 1 atom stereocenters. The van der Waals surface area contributed by atoms with Crippen LogP contribution in [0.5, 0.6) is 0 Å². The summed E-state index contributed by atoms with van der Waals surface area (Å²) in [6.45, 7) is 1.75. The quantitative estimate of drug-likeness (QED) is 0.810. The van der Waals surface area contributed by atoms with Gasteiger partial charge in [-0.15, -0.1) is 0 Å². The van der Waals surface area contributed by atoms with Gasteiger partial charge in [0.05, 0.1) is 23.7 Å². The average molecular weight is 234 g/mol. The van der Waals surface area contributed by atoms with Crippen LogP contribution in [0.2, 0.25) is 0 Å². The molecule has 1 unspecified atom stereocenters. The van der Waals surface area contributed by atoms with Crippen LogP contribution < -0.4 is 0 Å². The maximum Gasteiger partial charge on any atom is 0.178 e. The highest BCUT2D eigenvalue weighted by atomic mass is 32.1. The molecule has 0 bridgehead atoms. The van der Waals surface area contributed by atoms with Crippen molar-refractivity contribution in [1.29, 1.82) is 0 Å². The van der Waals surface area contributed by atoms with E-state index in [1.54, 1.807) is 0 Å². The molecular formula is C12H14N2OS. The lowest BCUT2D eigenvalue weighted by molar-refractivity contribution is 0.0976. The van der Waals surface area contributed by atoms with Crippen LogP contribution in [-0.4, -0.2) is 22.3 Å². The number of aromatic amines is 1. The van der Waals surface area contributed by atoms with Crippen LogP contribution >= 0.6 is 12.2 Å². The van der Waals surface area contributed by atoms with Gasteiger partial charge < -0.3 is 14.3 Å². The largest absolute Gasteiger partial charge is 0.376 e. The molecule has 16 heavy (non-hydrogen) atoms. The minimum Gasteiger partial charge on any atom is -0.376 e. The summed E-state index contributed by atoms with van der Waals surface area (Å²) < 4.78 is 8.58. The zero-order valence-electron chi connectivity index (χ0n) is 8.98. The Morgan fingerprint density at radius 3 is 3.12 bits per heavy atom. The maximum atomic E-state index is 5.65. The molecule has 1 aliphatic heterocycles. The fraction of sp³-hybridized carbons (Fsp3) is 0.417. The summed E-state index contributed by atoms with van der Waals surface area (Å²) in [5, 5.41) is 0. The Morgan fingerprint density at radius 2 is 2.31 bits per heavy atom. The van der Waals surface area contributed by atoms with Gasteiger partial charge in [0.1, 0.15) is 0 Å². The summed E-state index contributed by atoms with van der Waals surface area (Å²) in [7, 11) is 0. The van der Waals surface area contributed by atoms with Crippen molar-refractivity contribution < 1.29 is 4.74 Å². The summed E-state index contributed by atoms with van der Waals surface area (Å²) in [6, 6.07) is 8.20. The van der Waals surface area contributed by atoms with Crippen LogP contribution in [0.4, 0.5) is 0 Å². The van der Waals surface area contributed by atoms with Crippen molar-refractivity contribution in [3.8, 4) is 0 Å². The second kappa shape index (κ2) is 4.03. The smallest absolute Gasteiger partial charge is 0.178 e. The number of imidazole rings is 1. The first-order valence-electron chi connectivity index (χ1n) is 5.64. The molecule has 0 spiro atoms. The molecule has 0 aliphatic carbocycles. The summed E-state index contributed by atoms with van der Waals surface area (Å²) in [4.78, 5) is 3.22. The standard InChI is InChI=1S/C12H14N2OS/c16-12-13-10-5-1-2-6-11(10)14(12)8-9-4-3-7-15-9/h1-2,5-6,9H,3-4,7-8H2,(H,13,16). The van der Waals surface area contributed by atoms with Gasteiger partial charge in [-0.3, -0.25) is 0 Å². The molecule has 2 aromatic rings. The van der Waals surface area contributed by atoms with Crippen molar-refractivity contribution in [3.63, 3.8) is 0 Å². The molecular weight excluding hydrogens is 220 g/mol. The molecule has 0 saturated carbocycles. The van der Waals surface area contributed by atoms with Crippen molar-refractivity contribution in [3.05, 3.63) is 29.0 Å². The first kappa shape index (κ1) is 10.1. The predicted octanol–water partition coefficient (Wildman–Crippen LogP) is 2.88. The van der Waals surface area contributed by atoms with Gasteiger partial charge in [-0.05, 0) is 37.2 Å². The van der Waals surface area contributed by atoms with Crippen molar-refractivity contribution in [2.24, 2.45) is 0 Å². The van der Waals surface area contributed by atoms with Crippen molar-refractivity contribution in [1.82, 2.24) is 9.55 Å². The zero-order chi connectivity index (χ0) is 11.0. The number of rotatable bonds is 2. The minimum atomic E-state index is 0.325. The molecule has 2 heterocycles. The van der Waals surface area contributed by atoms with E-state index in [-0.39, 0.29) is 0 Å². The molecule has 1 saturated heterocycles. The zero-order valence-corrected chi connectivity index (χ0v) is 9.80. The molecule has 1 fully saturated rings. The monoisotopic (exact) mass is 234 g/mol. The van der Waals surface area contributed by atoms with E-state index in [9.17, 15) is 0 Å². The Kier molecular flexibility index (Phi) is 2.53. The fourth-order valence-corrected chi connectivity index (χ4v) is 2.56. The Morgan fingerprint density at radius 1 is 1.44 bits per heavy atom. The number of hydrogen-bond acceptors (Lipinski definition) is 2. The SMILES string of the molecule is S=c1[nH]c2ccccc2n1CC1CCCO1. The molecule has 1 aromatic carbocycles. The third-order valence-corrected chi connectivity index (χ3v) is 3.41. The van der Waals surface area contributed by atoms with E-state index in [1.165, 1.54) is 11.9 Å². The van der Waals surface area contributed by atoms with E-state index < -0.39 is 0 Å². The second-order valence-electron chi connectivity index (χ2n) is 4.19. The fourth-order valence-electron chi connectivity index (χ4n) is 2.28. The Hall–Kier alpha value is -1.13. The number of hydrogen-bond donors (Lipinski definition) is 1. The Balaban J connectivity index is 2.01. The third kappa shape index (κ3) is 1.68. The number of nitrogens with one attached hydrogen (secondary N) is 1. The first-order valence-corrected chi connectivity index (χ1v) is 6.04. The van der Waals surface area contributed by atoms with Gasteiger partial charge >= 0.3 is 0 Å². The van der Waals surface area contributed by atoms with Crippen LogP contribution in [0, 0.1) is 4.77 Å². The number of fused-ring (bicyclic) bond motifs is 1. The number of para-hydroxylation sites is 2. The van der Waals surface area contributed by atoms with Gasteiger partial charge in [-0.1, -0.05) is 12.1 Å². The summed E-state index contributed by atoms with van der Waals surface area (Å²) >= 11 is 5.34.